The highest BCUT2D eigenvalue weighted by molar-refractivity contribution is 5.90. The number of carbonyl (C=O) groups is 1. The fourth-order valence-electron chi connectivity index (χ4n) is 3.82. The Bertz CT molecular complexity index is 1220. The van der Waals surface area contributed by atoms with E-state index in [2.05, 4.69) is 30.5 Å². The minimum atomic E-state index is -0.584. The van der Waals surface area contributed by atoms with Crippen molar-refractivity contribution in [1.29, 1.82) is 0 Å². The number of halogens is 2. The number of pyridine rings is 1. The second kappa shape index (κ2) is 9.30. The Kier molecular flexibility index (Phi) is 6.06. The molecule has 1 saturated carbocycles. The molecule has 2 aliphatic rings. The molecule has 8 nitrogen and oxygen atoms in total. The number of urea groups is 1. The number of aromatic nitrogens is 3. The van der Waals surface area contributed by atoms with Crippen LogP contribution < -0.4 is 15.5 Å². The van der Waals surface area contributed by atoms with Gasteiger partial charge in [0.1, 0.15) is 17.5 Å². The van der Waals surface area contributed by atoms with E-state index in [0.717, 1.165) is 19.0 Å². The van der Waals surface area contributed by atoms with Crippen LogP contribution in [0.5, 0.6) is 0 Å². The van der Waals surface area contributed by atoms with E-state index in [9.17, 15) is 9.18 Å². The van der Waals surface area contributed by atoms with Crippen molar-refractivity contribution in [1.82, 2.24) is 20.3 Å². The van der Waals surface area contributed by atoms with Crippen LogP contribution in [0.3, 0.4) is 0 Å². The highest BCUT2D eigenvalue weighted by atomic mass is 19.1. The molecule has 2 N–H and O–H groups in total. The first-order valence-electron chi connectivity index (χ1n) is 11.2. The third-order valence-corrected chi connectivity index (χ3v) is 5.76. The van der Waals surface area contributed by atoms with Crippen molar-refractivity contribution in [2.45, 2.75) is 31.8 Å². The van der Waals surface area contributed by atoms with Crippen molar-refractivity contribution >= 4 is 17.5 Å². The maximum atomic E-state index is 15.2. The largest absolute Gasteiger partial charge is 0.377 e. The van der Waals surface area contributed by atoms with E-state index in [1.54, 1.807) is 12.1 Å². The molecule has 1 aliphatic heterocycles. The molecule has 2 amide bonds. The van der Waals surface area contributed by atoms with Crippen LogP contribution in [0.15, 0.2) is 42.7 Å². The van der Waals surface area contributed by atoms with E-state index in [1.165, 1.54) is 24.4 Å². The van der Waals surface area contributed by atoms with Crippen molar-refractivity contribution in [3.63, 3.8) is 0 Å². The summed E-state index contributed by atoms with van der Waals surface area (Å²) in [5, 5.41) is 5.44. The summed E-state index contributed by atoms with van der Waals surface area (Å²) in [6.45, 7) is 3.70. The highest BCUT2D eigenvalue weighted by Gasteiger charge is 2.24. The van der Waals surface area contributed by atoms with Gasteiger partial charge in [0.15, 0.2) is 5.82 Å². The maximum absolute atomic E-state index is 15.2. The molecule has 0 spiro atoms. The van der Waals surface area contributed by atoms with Gasteiger partial charge >= 0.3 is 6.03 Å². The molecule has 176 valence electrons. The number of morpholine rings is 1. The van der Waals surface area contributed by atoms with E-state index in [4.69, 9.17) is 4.74 Å². The summed E-state index contributed by atoms with van der Waals surface area (Å²) < 4.78 is 34.5. The van der Waals surface area contributed by atoms with Gasteiger partial charge in [-0.1, -0.05) is 0 Å². The molecule has 0 unspecified atom stereocenters. The Morgan fingerprint density at radius 1 is 1.15 bits per heavy atom. The van der Waals surface area contributed by atoms with Crippen molar-refractivity contribution in [2.24, 2.45) is 0 Å². The van der Waals surface area contributed by atoms with E-state index >= 15 is 4.39 Å². The quantitative estimate of drug-likeness (QED) is 0.591. The lowest BCUT2D eigenvalue weighted by molar-refractivity contribution is 0.0985. The van der Waals surface area contributed by atoms with Crippen LogP contribution in [0.4, 0.5) is 25.1 Å². The van der Waals surface area contributed by atoms with E-state index < -0.39 is 11.6 Å². The SMILES string of the molecule is C[C@H]1COCCN1c1cc(-c2cncc(F)c2)nc(-c2ccc(NC(=O)NC3CC3)cc2F)n1. The lowest BCUT2D eigenvalue weighted by Gasteiger charge is -2.34. The van der Waals surface area contributed by atoms with Crippen molar-refractivity contribution in [3.05, 3.63) is 54.4 Å². The standard InChI is InChI=1S/C24H24F2N6O2/c1-14-13-34-7-6-32(14)22-10-21(15-8-16(25)12-27-11-15)30-23(31-22)19-5-4-18(9-20(19)26)29-24(33)28-17-2-3-17/h4-5,8-12,14,17H,2-3,6-7,13H2,1H3,(H2,28,29,33)/t14-/m0/s1. The van der Waals surface area contributed by atoms with Gasteiger partial charge in [0, 0.05) is 36.1 Å². The maximum Gasteiger partial charge on any atom is 0.319 e. The molecule has 1 aromatic carbocycles. The van der Waals surface area contributed by atoms with Gasteiger partial charge in [0.25, 0.3) is 0 Å². The Morgan fingerprint density at radius 2 is 2.00 bits per heavy atom. The lowest BCUT2D eigenvalue weighted by atomic mass is 10.1. The number of carbonyl (C=O) groups excluding carboxylic acids is 1. The number of nitrogens with one attached hydrogen (secondary N) is 2. The number of ether oxygens (including phenoxy) is 1. The highest BCUT2D eigenvalue weighted by Crippen LogP contribution is 2.30. The minimum Gasteiger partial charge on any atom is -0.377 e. The molecule has 3 aromatic rings. The van der Waals surface area contributed by atoms with Gasteiger partial charge in [-0.15, -0.1) is 0 Å². The summed E-state index contributed by atoms with van der Waals surface area (Å²) in [4.78, 5) is 27.1. The monoisotopic (exact) mass is 466 g/mol. The predicted octanol–water partition coefficient (Wildman–Crippen LogP) is 3.99. The van der Waals surface area contributed by atoms with Crippen molar-refractivity contribution in [3.8, 4) is 22.6 Å². The molecule has 34 heavy (non-hydrogen) atoms. The molecular formula is C24H24F2N6O2. The summed E-state index contributed by atoms with van der Waals surface area (Å²) in [6, 6.07) is 7.31. The summed E-state index contributed by atoms with van der Waals surface area (Å²) in [5.74, 6) is -0.336. The topological polar surface area (TPSA) is 92.3 Å². The van der Waals surface area contributed by atoms with Crippen molar-refractivity contribution in [2.75, 3.05) is 30.0 Å². The third kappa shape index (κ3) is 4.96. The molecule has 2 fully saturated rings. The zero-order chi connectivity index (χ0) is 23.7. The van der Waals surface area contributed by atoms with E-state index in [0.29, 0.717) is 42.5 Å². The van der Waals surface area contributed by atoms with Gasteiger partial charge in [-0.2, -0.15) is 0 Å². The number of hydrogen-bond donors (Lipinski definition) is 2. The fourth-order valence-corrected chi connectivity index (χ4v) is 3.82. The first kappa shape index (κ1) is 22.1. The zero-order valence-electron chi connectivity index (χ0n) is 18.6. The third-order valence-electron chi connectivity index (χ3n) is 5.76. The van der Waals surface area contributed by atoms with Crippen LogP contribution in [0.2, 0.25) is 0 Å². The van der Waals surface area contributed by atoms with Gasteiger partial charge < -0.3 is 20.3 Å². The molecule has 2 aromatic heterocycles. The number of hydrogen-bond acceptors (Lipinski definition) is 6. The fraction of sp³-hybridized carbons (Fsp3) is 0.333. The Balaban J connectivity index is 1.51. The molecule has 1 atom stereocenters. The molecule has 10 heteroatoms. The van der Waals surface area contributed by atoms with E-state index in [-0.39, 0.29) is 29.5 Å². The van der Waals surface area contributed by atoms with Crippen LogP contribution in [-0.4, -0.2) is 52.8 Å². The second-order valence-electron chi connectivity index (χ2n) is 8.51. The van der Waals surface area contributed by atoms with Crippen LogP contribution in [0.1, 0.15) is 19.8 Å². The summed E-state index contributed by atoms with van der Waals surface area (Å²) >= 11 is 0. The molecule has 5 rings (SSSR count). The lowest BCUT2D eigenvalue weighted by Crippen LogP contribution is -2.44. The number of benzene rings is 1. The first-order chi connectivity index (χ1) is 16.5. The van der Waals surface area contributed by atoms with Gasteiger partial charge in [0.2, 0.25) is 0 Å². The van der Waals surface area contributed by atoms with Gasteiger partial charge in [-0.25, -0.2) is 23.5 Å². The van der Waals surface area contributed by atoms with Crippen LogP contribution >= 0.6 is 0 Å². The zero-order valence-corrected chi connectivity index (χ0v) is 18.6. The molecule has 1 saturated heterocycles. The van der Waals surface area contributed by atoms with Crippen LogP contribution in [0.25, 0.3) is 22.6 Å². The Labute approximate surface area is 195 Å². The van der Waals surface area contributed by atoms with Gasteiger partial charge in [0.05, 0.1) is 36.7 Å². The summed E-state index contributed by atoms with van der Waals surface area (Å²) in [7, 11) is 0. The van der Waals surface area contributed by atoms with Crippen molar-refractivity contribution < 1.29 is 18.3 Å². The van der Waals surface area contributed by atoms with E-state index in [1.807, 2.05) is 6.92 Å². The molecule has 0 bridgehead atoms. The predicted molar refractivity (Wildman–Crippen MR) is 123 cm³/mol. The second-order valence-corrected chi connectivity index (χ2v) is 8.51. The number of nitrogens with zero attached hydrogens (tertiary/aromatic N) is 4. The summed E-state index contributed by atoms with van der Waals surface area (Å²) in [6.07, 6.45) is 4.53. The first-order valence-corrected chi connectivity index (χ1v) is 11.2. The molecule has 3 heterocycles. The van der Waals surface area contributed by atoms with Gasteiger partial charge in [-0.3, -0.25) is 4.98 Å². The normalized spacial score (nSPS) is 18.0. The molecule has 1 aliphatic carbocycles. The Morgan fingerprint density at radius 3 is 2.74 bits per heavy atom. The van der Waals surface area contributed by atoms with Gasteiger partial charge in [-0.05, 0) is 44.0 Å². The van der Waals surface area contributed by atoms with Crippen LogP contribution in [0, 0.1) is 11.6 Å². The Hall–Kier alpha value is -3.66. The average molecular weight is 466 g/mol. The number of rotatable bonds is 5. The minimum absolute atomic E-state index is 0.0522. The molecule has 0 radical (unpaired) electrons. The molecular weight excluding hydrogens is 442 g/mol. The number of anilines is 2. The summed E-state index contributed by atoms with van der Waals surface area (Å²) in [5.41, 5.74) is 1.38. The number of amides is 2. The van der Waals surface area contributed by atoms with Crippen LogP contribution in [-0.2, 0) is 4.74 Å². The average Bonchev–Trinajstić information content (AvgIpc) is 3.63. The smallest absolute Gasteiger partial charge is 0.319 e.